The number of likely N-dealkylation sites (tertiary alicyclic amines) is 1. The molecule has 0 spiro atoms. The fourth-order valence-corrected chi connectivity index (χ4v) is 5.32. The third kappa shape index (κ3) is 4.18. The van der Waals surface area contributed by atoms with Gasteiger partial charge in [0.25, 0.3) is 5.91 Å². The van der Waals surface area contributed by atoms with Crippen molar-refractivity contribution in [2.24, 2.45) is 0 Å². The van der Waals surface area contributed by atoms with Crippen LogP contribution in [0.4, 0.5) is 0 Å². The van der Waals surface area contributed by atoms with Crippen molar-refractivity contribution < 1.29 is 14.3 Å². The summed E-state index contributed by atoms with van der Waals surface area (Å²) in [6.07, 6.45) is 2.85. The number of fused-ring (bicyclic) bond motifs is 1. The normalized spacial score (nSPS) is 19.9. The van der Waals surface area contributed by atoms with Crippen LogP contribution in [0.1, 0.15) is 46.4 Å². The number of hydrogen-bond acceptors (Lipinski definition) is 5. The molecule has 3 aromatic rings. The first kappa shape index (κ1) is 22.9. The summed E-state index contributed by atoms with van der Waals surface area (Å²) in [5, 5.41) is 4.38. The van der Waals surface area contributed by atoms with Gasteiger partial charge in [0.15, 0.2) is 0 Å². The van der Waals surface area contributed by atoms with Gasteiger partial charge in [0, 0.05) is 28.8 Å². The molecule has 7 heteroatoms. The predicted molar refractivity (Wildman–Crippen MR) is 134 cm³/mol. The number of benzene rings is 2. The minimum atomic E-state index is -0.420. The summed E-state index contributed by atoms with van der Waals surface area (Å²) >= 11 is 0. The highest BCUT2D eigenvalue weighted by molar-refractivity contribution is 6.11. The van der Waals surface area contributed by atoms with Crippen LogP contribution in [0.3, 0.4) is 0 Å². The monoisotopic (exact) mass is 472 g/mol. The Kier molecular flexibility index (Phi) is 5.86. The Morgan fingerprint density at radius 2 is 1.97 bits per heavy atom. The first-order valence-corrected chi connectivity index (χ1v) is 12.3. The van der Waals surface area contributed by atoms with Crippen LogP contribution < -0.4 is 14.8 Å². The number of aryl methyl sites for hydroxylation is 2. The maximum absolute atomic E-state index is 13.5. The van der Waals surface area contributed by atoms with Gasteiger partial charge in [-0.15, -0.1) is 0 Å². The maximum Gasteiger partial charge on any atom is 0.252 e. The number of nitrogens with one attached hydrogen (secondary N) is 1. The number of nitrogens with zero attached hydrogens (tertiary/aromatic N) is 2. The van der Waals surface area contributed by atoms with Crippen molar-refractivity contribution in [3.63, 3.8) is 0 Å². The molecule has 1 aromatic heterocycles. The third-order valence-electron chi connectivity index (χ3n) is 7.18. The molecule has 2 atom stereocenters. The first-order valence-electron chi connectivity index (χ1n) is 11.8. The first-order chi connectivity index (χ1) is 16.3. The minimum Gasteiger partial charge on any atom is -0.497 e. The lowest BCUT2D eigenvalue weighted by molar-refractivity contribution is 0.0562. The molecule has 2 aromatic carbocycles. The van der Waals surface area contributed by atoms with Crippen LogP contribution in [-0.2, 0) is 5.54 Å². The van der Waals surface area contributed by atoms with Crippen LogP contribution in [0.25, 0.3) is 10.9 Å². The standard InChI is InChI=1S/C27H30N3O3Si/c1-16-5-7-18(33-26(34)24-9-12-30(24)3)13-21(16)25(31)29-27(10-11-27)22-14-19(32-4)15-23-20(22)8-6-17(2)28-23/h5-8,13-15,24,26H,9-12H2,1-4H3,(H,29,31)/t24-,26-/m0/s1. The second-order valence-corrected chi connectivity index (χ2v) is 10.2. The summed E-state index contributed by atoms with van der Waals surface area (Å²) in [5.41, 5.74) is 3.89. The number of amides is 1. The number of methoxy groups -OCH3 is 1. The quantitative estimate of drug-likeness (QED) is 0.529. The van der Waals surface area contributed by atoms with E-state index in [1.165, 1.54) is 0 Å². The largest absolute Gasteiger partial charge is 0.497 e. The topological polar surface area (TPSA) is 63.7 Å². The number of ether oxygens (including phenoxy) is 2. The van der Waals surface area contributed by atoms with Gasteiger partial charge >= 0.3 is 0 Å². The fraction of sp³-hybridized carbons (Fsp3) is 0.407. The van der Waals surface area contributed by atoms with Gasteiger partial charge in [-0.25, -0.2) is 0 Å². The summed E-state index contributed by atoms with van der Waals surface area (Å²) in [6.45, 7) is 5.01. The molecule has 34 heavy (non-hydrogen) atoms. The molecule has 2 aliphatic rings. The number of carbonyl (C=O) groups excluding carboxylic acids is 1. The molecular formula is C27H30N3O3Si. The molecule has 0 unspecified atom stereocenters. The summed E-state index contributed by atoms with van der Waals surface area (Å²) in [6, 6.07) is 14.1. The second-order valence-electron chi connectivity index (χ2n) is 9.58. The van der Waals surface area contributed by atoms with Crippen molar-refractivity contribution in [2.45, 2.75) is 50.4 Å². The van der Waals surface area contributed by atoms with Gasteiger partial charge in [-0.1, -0.05) is 12.1 Å². The van der Waals surface area contributed by atoms with E-state index in [0.717, 1.165) is 59.3 Å². The van der Waals surface area contributed by atoms with Crippen LogP contribution >= 0.6 is 0 Å². The van der Waals surface area contributed by atoms with E-state index in [0.29, 0.717) is 17.4 Å². The van der Waals surface area contributed by atoms with E-state index in [2.05, 4.69) is 33.6 Å². The Labute approximate surface area is 204 Å². The smallest absolute Gasteiger partial charge is 0.252 e. The Hall–Kier alpha value is -2.90. The Morgan fingerprint density at radius 1 is 1.18 bits per heavy atom. The molecular weight excluding hydrogens is 442 g/mol. The highest BCUT2D eigenvalue weighted by Gasteiger charge is 2.47. The van der Waals surface area contributed by atoms with Gasteiger partial charge in [0.2, 0.25) is 0 Å². The van der Waals surface area contributed by atoms with Crippen LogP contribution in [0, 0.1) is 13.8 Å². The number of rotatable bonds is 7. The van der Waals surface area contributed by atoms with Crippen molar-refractivity contribution >= 4 is 27.1 Å². The van der Waals surface area contributed by atoms with Crippen molar-refractivity contribution in [3.05, 3.63) is 64.8 Å². The van der Waals surface area contributed by atoms with E-state index in [-0.39, 0.29) is 11.6 Å². The van der Waals surface area contributed by atoms with Gasteiger partial charge in [0.1, 0.15) is 11.5 Å². The average molecular weight is 473 g/mol. The molecule has 5 rings (SSSR count). The van der Waals surface area contributed by atoms with E-state index < -0.39 is 5.54 Å². The SMILES string of the molecule is COc1cc(C2(NC(=O)c3cc(O[C@@H]([Si])[C@@H]4CCN4C)ccc3C)CC2)c2ccc(C)nc2c1. The van der Waals surface area contributed by atoms with E-state index in [9.17, 15) is 4.79 Å². The summed E-state index contributed by atoms with van der Waals surface area (Å²) in [7, 11) is 7.47. The number of hydrogen-bond donors (Lipinski definition) is 1. The molecule has 3 radical (unpaired) electrons. The van der Waals surface area contributed by atoms with Crippen molar-refractivity contribution in [1.82, 2.24) is 15.2 Å². The lowest BCUT2D eigenvalue weighted by atomic mass is 9.97. The number of likely N-dealkylation sites (N-methyl/N-ethyl adjacent to an activating group) is 1. The molecule has 1 saturated carbocycles. The second kappa shape index (κ2) is 8.71. The van der Waals surface area contributed by atoms with Crippen LogP contribution in [0.15, 0.2) is 42.5 Å². The molecule has 1 amide bonds. The fourth-order valence-electron chi connectivity index (χ4n) is 4.76. The van der Waals surface area contributed by atoms with Crippen LogP contribution in [-0.4, -0.2) is 58.5 Å². The molecule has 2 fully saturated rings. The highest BCUT2D eigenvalue weighted by atomic mass is 28.1. The van der Waals surface area contributed by atoms with Gasteiger partial charge in [-0.2, -0.15) is 0 Å². The van der Waals surface area contributed by atoms with Gasteiger partial charge in [-0.05, 0) is 82.1 Å². The lowest BCUT2D eigenvalue weighted by Gasteiger charge is -2.41. The van der Waals surface area contributed by atoms with Crippen molar-refractivity contribution in [2.75, 3.05) is 20.7 Å². The zero-order valence-corrected chi connectivity index (χ0v) is 21.1. The van der Waals surface area contributed by atoms with Crippen molar-refractivity contribution in [3.8, 4) is 11.5 Å². The molecule has 0 bridgehead atoms. The van der Waals surface area contributed by atoms with Gasteiger partial charge in [-0.3, -0.25) is 9.78 Å². The van der Waals surface area contributed by atoms with E-state index in [1.807, 2.05) is 50.2 Å². The lowest BCUT2D eigenvalue weighted by Crippen LogP contribution is -2.53. The van der Waals surface area contributed by atoms with Gasteiger partial charge < -0.3 is 19.7 Å². The molecule has 1 saturated heterocycles. The van der Waals surface area contributed by atoms with Gasteiger partial charge in [0.05, 0.1) is 34.1 Å². The predicted octanol–water partition coefficient (Wildman–Crippen LogP) is 3.86. The molecule has 1 aliphatic heterocycles. The molecule has 6 nitrogen and oxygen atoms in total. The summed E-state index contributed by atoms with van der Waals surface area (Å²) in [5.74, 6) is 1.34. The van der Waals surface area contributed by atoms with E-state index >= 15 is 0 Å². The van der Waals surface area contributed by atoms with Crippen LogP contribution in [0.2, 0.25) is 0 Å². The highest BCUT2D eigenvalue weighted by Crippen LogP contribution is 2.49. The summed E-state index contributed by atoms with van der Waals surface area (Å²) in [4.78, 5) is 20.4. The Bertz CT molecular complexity index is 1260. The average Bonchev–Trinajstić information content (AvgIpc) is 3.58. The van der Waals surface area contributed by atoms with E-state index in [4.69, 9.17) is 14.5 Å². The number of pyridine rings is 1. The third-order valence-corrected chi connectivity index (χ3v) is 7.69. The van der Waals surface area contributed by atoms with E-state index in [1.54, 1.807) is 7.11 Å². The maximum atomic E-state index is 13.5. The number of carbonyl (C=O) groups is 1. The summed E-state index contributed by atoms with van der Waals surface area (Å²) < 4.78 is 11.7. The molecule has 175 valence electrons. The zero-order valence-electron chi connectivity index (χ0n) is 20.1. The molecule has 1 aliphatic carbocycles. The number of aromatic nitrogens is 1. The Morgan fingerprint density at radius 3 is 2.62 bits per heavy atom. The Balaban J connectivity index is 1.42. The minimum absolute atomic E-state index is 0.0947. The van der Waals surface area contributed by atoms with Crippen molar-refractivity contribution in [1.29, 1.82) is 0 Å². The van der Waals surface area contributed by atoms with Crippen LogP contribution in [0.5, 0.6) is 11.5 Å². The zero-order chi connectivity index (χ0) is 24.0. The molecule has 1 N–H and O–H groups in total. The molecule has 2 heterocycles.